The fourth-order valence-electron chi connectivity index (χ4n) is 2.92. The molecule has 1 N–H and O–H groups in total. The Morgan fingerprint density at radius 2 is 1.91 bits per heavy atom. The summed E-state index contributed by atoms with van der Waals surface area (Å²) in [6.45, 7) is 5.09. The summed E-state index contributed by atoms with van der Waals surface area (Å²) < 4.78 is 32.1. The van der Waals surface area contributed by atoms with Crippen LogP contribution in [0.15, 0.2) is 34.6 Å². The number of esters is 1. The van der Waals surface area contributed by atoms with Crippen molar-refractivity contribution in [2.45, 2.75) is 32.8 Å². The van der Waals surface area contributed by atoms with Gasteiger partial charge in [-0.15, -0.1) is 11.3 Å². The van der Waals surface area contributed by atoms with Crippen molar-refractivity contribution in [2.24, 2.45) is 0 Å². The summed E-state index contributed by atoms with van der Waals surface area (Å²) in [4.78, 5) is 39.0. The molecule has 2 aromatic rings. The van der Waals surface area contributed by atoms with Crippen LogP contribution in [0, 0.1) is 11.6 Å². The van der Waals surface area contributed by atoms with Gasteiger partial charge in [0, 0.05) is 11.4 Å². The Kier molecular flexibility index (Phi) is 8.21. The molecular weight excluding hydrogens is 502 g/mol. The maximum absolute atomic E-state index is 13.5. The van der Waals surface area contributed by atoms with Gasteiger partial charge in [-0.1, -0.05) is 30.0 Å². The van der Waals surface area contributed by atoms with E-state index in [2.05, 4.69) is 5.32 Å². The number of nitrogens with zero attached hydrogens (tertiary/aromatic N) is 1. The largest absolute Gasteiger partial charge is 0.460 e. The number of thiocarbonyl (C=S) groups is 1. The number of carbonyl (C=O) groups is 3. The first-order valence-corrected chi connectivity index (χ1v) is 12.3. The average Bonchev–Trinajstić information content (AvgIpc) is 3.29. The number of benzene rings is 1. The quantitative estimate of drug-likeness (QED) is 0.320. The summed E-state index contributed by atoms with van der Waals surface area (Å²) in [7, 11) is 0. The van der Waals surface area contributed by atoms with E-state index in [0.717, 1.165) is 28.8 Å². The first-order chi connectivity index (χ1) is 15.9. The van der Waals surface area contributed by atoms with E-state index in [0.29, 0.717) is 16.0 Å². The highest BCUT2D eigenvalue weighted by Crippen LogP contribution is 2.35. The number of amides is 2. The van der Waals surface area contributed by atoms with Gasteiger partial charge in [0.1, 0.15) is 16.5 Å². The number of carbonyl (C=O) groups excluding carboxylic acids is 3. The molecule has 0 aliphatic carbocycles. The van der Waals surface area contributed by atoms with E-state index in [1.54, 1.807) is 38.3 Å². The Morgan fingerprint density at radius 3 is 2.59 bits per heavy atom. The number of rotatable bonds is 7. The van der Waals surface area contributed by atoms with E-state index < -0.39 is 35.0 Å². The van der Waals surface area contributed by atoms with E-state index in [9.17, 15) is 23.2 Å². The third-order valence-corrected chi connectivity index (χ3v) is 6.65. The molecule has 0 spiro atoms. The summed E-state index contributed by atoms with van der Waals surface area (Å²) in [6.07, 6.45) is 1.66. The van der Waals surface area contributed by atoms with Gasteiger partial charge < -0.3 is 10.1 Å². The van der Waals surface area contributed by atoms with Crippen molar-refractivity contribution in [1.82, 2.24) is 10.2 Å². The van der Waals surface area contributed by atoms with Gasteiger partial charge in [-0.3, -0.25) is 19.3 Å². The lowest BCUT2D eigenvalue weighted by Gasteiger charge is -2.19. The lowest BCUT2D eigenvalue weighted by atomic mass is 10.1. The third-order valence-electron chi connectivity index (χ3n) is 4.39. The Morgan fingerprint density at radius 1 is 1.18 bits per heavy atom. The van der Waals surface area contributed by atoms with Crippen LogP contribution < -0.4 is 5.32 Å². The van der Waals surface area contributed by atoms with Crippen LogP contribution in [0.2, 0.25) is 0 Å². The van der Waals surface area contributed by atoms with Crippen molar-refractivity contribution in [2.75, 3.05) is 13.1 Å². The Balaban J connectivity index is 1.58. The van der Waals surface area contributed by atoms with Crippen LogP contribution in [0.25, 0.3) is 17.2 Å². The van der Waals surface area contributed by atoms with Gasteiger partial charge in [0.15, 0.2) is 11.6 Å². The van der Waals surface area contributed by atoms with E-state index in [1.165, 1.54) is 22.3 Å². The standard InChI is InChI=1S/C23H22F2N2O4S3/c1-23(2,3)31-20(29)6-7-26-19(28)11-27-21(30)18(34-22(27)32)10-15-8-14(12-33-15)13-4-5-16(24)17(25)9-13/h4-5,8-10,12H,6-7,11H2,1-3H3,(H,26,28)/b18-10-. The average molecular weight is 525 g/mol. The normalized spacial score (nSPS) is 15.2. The molecule has 0 radical (unpaired) electrons. The van der Waals surface area contributed by atoms with Crippen molar-refractivity contribution in [3.05, 3.63) is 51.1 Å². The first-order valence-electron chi connectivity index (χ1n) is 10.2. The molecule has 3 rings (SSSR count). The van der Waals surface area contributed by atoms with Crippen LogP contribution in [-0.4, -0.2) is 45.7 Å². The Hall–Kier alpha value is -2.63. The summed E-state index contributed by atoms with van der Waals surface area (Å²) in [6, 6.07) is 5.41. The zero-order valence-corrected chi connectivity index (χ0v) is 21.1. The molecule has 2 heterocycles. The summed E-state index contributed by atoms with van der Waals surface area (Å²) in [5.41, 5.74) is 0.605. The van der Waals surface area contributed by atoms with Crippen LogP contribution in [0.3, 0.4) is 0 Å². The van der Waals surface area contributed by atoms with Gasteiger partial charge in [-0.2, -0.15) is 0 Å². The molecule has 0 saturated carbocycles. The van der Waals surface area contributed by atoms with Gasteiger partial charge in [-0.05, 0) is 61.6 Å². The molecule has 34 heavy (non-hydrogen) atoms. The minimum Gasteiger partial charge on any atom is -0.460 e. The number of hydrogen-bond acceptors (Lipinski definition) is 7. The molecule has 0 bridgehead atoms. The molecule has 1 aliphatic heterocycles. The summed E-state index contributed by atoms with van der Waals surface area (Å²) >= 11 is 7.66. The van der Waals surface area contributed by atoms with Crippen LogP contribution >= 0.6 is 35.3 Å². The van der Waals surface area contributed by atoms with Gasteiger partial charge >= 0.3 is 5.97 Å². The second kappa shape index (κ2) is 10.7. The molecule has 0 unspecified atom stereocenters. The minimum absolute atomic E-state index is 0.0139. The highest BCUT2D eigenvalue weighted by atomic mass is 32.2. The summed E-state index contributed by atoms with van der Waals surface area (Å²) in [5.74, 6) is -3.13. The molecule has 1 aromatic heterocycles. The van der Waals surface area contributed by atoms with E-state index in [1.807, 2.05) is 0 Å². The molecule has 6 nitrogen and oxygen atoms in total. The molecule has 1 fully saturated rings. The topological polar surface area (TPSA) is 75.7 Å². The maximum atomic E-state index is 13.5. The first kappa shape index (κ1) is 26.0. The van der Waals surface area contributed by atoms with Crippen LogP contribution in [-0.2, 0) is 19.1 Å². The molecule has 2 amide bonds. The SMILES string of the molecule is CC(C)(C)OC(=O)CCNC(=O)CN1C(=O)/C(=C/c2cc(-c3ccc(F)c(F)c3)cs2)SC1=S. The lowest BCUT2D eigenvalue weighted by Crippen LogP contribution is -2.40. The monoisotopic (exact) mass is 524 g/mol. The predicted octanol–water partition coefficient (Wildman–Crippen LogP) is 4.74. The Bertz CT molecular complexity index is 1170. The molecule has 180 valence electrons. The number of ether oxygens (including phenoxy) is 1. The van der Waals surface area contributed by atoms with E-state index in [-0.39, 0.29) is 23.8 Å². The van der Waals surface area contributed by atoms with Crippen LogP contribution in [0.1, 0.15) is 32.1 Å². The predicted molar refractivity (Wildman–Crippen MR) is 133 cm³/mol. The second-order valence-electron chi connectivity index (χ2n) is 8.32. The lowest BCUT2D eigenvalue weighted by molar-refractivity contribution is -0.154. The fraction of sp³-hybridized carbons (Fsp3) is 0.304. The number of halogens is 2. The highest BCUT2D eigenvalue weighted by molar-refractivity contribution is 8.26. The molecule has 1 saturated heterocycles. The molecule has 1 aromatic carbocycles. The van der Waals surface area contributed by atoms with Crippen molar-refractivity contribution in [3.63, 3.8) is 0 Å². The zero-order chi connectivity index (χ0) is 25.0. The van der Waals surface area contributed by atoms with Crippen molar-refractivity contribution in [3.8, 4) is 11.1 Å². The zero-order valence-electron chi connectivity index (χ0n) is 18.6. The van der Waals surface area contributed by atoms with Crippen LogP contribution in [0.4, 0.5) is 8.78 Å². The van der Waals surface area contributed by atoms with E-state index >= 15 is 0 Å². The smallest absolute Gasteiger partial charge is 0.308 e. The molecule has 0 atom stereocenters. The number of thioether (sulfide) groups is 1. The highest BCUT2D eigenvalue weighted by Gasteiger charge is 2.33. The van der Waals surface area contributed by atoms with Crippen molar-refractivity contribution < 1.29 is 27.9 Å². The number of nitrogens with one attached hydrogen (secondary N) is 1. The minimum atomic E-state index is -0.935. The van der Waals surface area contributed by atoms with Crippen LogP contribution in [0.5, 0.6) is 0 Å². The van der Waals surface area contributed by atoms with Gasteiger partial charge in [0.25, 0.3) is 5.91 Å². The molecular formula is C23H22F2N2O4S3. The second-order valence-corrected chi connectivity index (χ2v) is 10.9. The van der Waals surface area contributed by atoms with Gasteiger partial charge in [0.2, 0.25) is 5.91 Å². The van der Waals surface area contributed by atoms with Crippen molar-refractivity contribution in [1.29, 1.82) is 0 Å². The number of thiophene rings is 1. The molecule has 1 aliphatic rings. The van der Waals surface area contributed by atoms with Gasteiger partial charge in [-0.25, -0.2) is 8.78 Å². The fourth-order valence-corrected chi connectivity index (χ4v) is 5.09. The van der Waals surface area contributed by atoms with Crippen molar-refractivity contribution >= 4 is 63.5 Å². The third kappa shape index (κ3) is 6.94. The Labute approximate surface area is 209 Å². The summed E-state index contributed by atoms with van der Waals surface area (Å²) in [5, 5.41) is 4.36. The maximum Gasteiger partial charge on any atom is 0.308 e. The molecule has 11 heteroatoms. The number of hydrogen-bond donors (Lipinski definition) is 1. The van der Waals surface area contributed by atoms with E-state index in [4.69, 9.17) is 17.0 Å². The van der Waals surface area contributed by atoms with Gasteiger partial charge in [0.05, 0.1) is 11.3 Å².